The minimum atomic E-state index is 0.731. The zero-order valence-corrected chi connectivity index (χ0v) is 9.85. The molecule has 1 aliphatic heterocycles. The van der Waals surface area contributed by atoms with Gasteiger partial charge in [0.05, 0.1) is 26.3 Å². The lowest BCUT2D eigenvalue weighted by molar-refractivity contribution is 0.0353. The summed E-state index contributed by atoms with van der Waals surface area (Å²) in [5.74, 6) is 0. The average molecular weight is 270 g/mol. The maximum absolute atomic E-state index is 5.22. The molecular formula is C10H12BrN3O. The zero-order valence-electron chi connectivity index (χ0n) is 8.27. The van der Waals surface area contributed by atoms with Crippen LogP contribution < -0.4 is 0 Å². The molecule has 0 unspecified atom stereocenters. The van der Waals surface area contributed by atoms with E-state index in [4.69, 9.17) is 4.74 Å². The first-order chi connectivity index (χ1) is 7.36. The van der Waals surface area contributed by atoms with Crippen molar-refractivity contribution in [1.29, 1.82) is 0 Å². The van der Waals surface area contributed by atoms with Crippen molar-refractivity contribution in [1.82, 2.24) is 5.01 Å². The van der Waals surface area contributed by atoms with Crippen LogP contribution in [0.2, 0.25) is 0 Å². The van der Waals surface area contributed by atoms with Gasteiger partial charge < -0.3 is 4.74 Å². The Balaban J connectivity index is 2.01. The van der Waals surface area contributed by atoms with Crippen molar-refractivity contribution in [2.75, 3.05) is 26.3 Å². The van der Waals surface area contributed by atoms with Gasteiger partial charge in [-0.3, -0.25) is 5.01 Å². The van der Waals surface area contributed by atoms with Crippen molar-refractivity contribution in [2.45, 2.75) is 0 Å². The van der Waals surface area contributed by atoms with Crippen LogP contribution in [-0.2, 0) is 4.74 Å². The highest BCUT2D eigenvalue weighted by Crippen LogP contribution is 2.24. The fraction of sp³-hybridized carbons (Fsp3) is 0.400. The van der Waals surface area contributed by atoms with Crippen LogP contribution in [0.15, 0.2) is 39.1 Å². The number of nitrogens with zero attached hydrogens (tertiary/aromatic N) is 3. The molecule has 1 aliphatic rings. The molecule has 0 radical (unpaired) electrons. The number of benzene rings is 1. The number of morpholine rings is 1. The molecule has 0 spiro atoms. The van der Waals surface area contributed by atoms with E-state index < -0.39 is 0 Å². The molecule has 80 valence electrons. The molecule has 1 fully saturated rings. The molecule has 0 aliphatic carbocycles. The smallest absolute Gasteiger partial charge is 0.102 e. The highest BCUT2D eigenvalue weighted by Gasteiger charge is 2.07. The highest BCUT2D eigenvalue weighted by atomic mass is 79.9. The van der Waals surface area contributed by atoms with Gasteiger partial charge in [0.1, 0.15) is 5.69 Å². The topological polar surface area (TPSA) is 37.2 Å². The molecule has 5 heteroatoms. The van der Waals surface area contributed by atoms with E-state index in [0.717, 1.165) is 36.5 Å². The molecule has 2 rings (SSSR count). The van der Waals surface area contributed by atoms with Crippen LogP contribution in [0.3, 0.4) is 0 Å². The molecule has 0 N–H and O–H groups in total. The van der Waals surface area contributed by atoms with E-state index >= 15 is 0 Å². The van der Waals surface area contributed by atoms with Crippen LogP contribution in [-0.4, -0.2) is 31.3 Å². The van der Waals surface area contributed by atoms with Gasteiger partial charge in [0.2, 0.25) is 0 Å². The molecule has 1 saturated heterocycles. The summed E-state index contributed by atoms with van der Waals surface area (Å²) in [6.45, 7) is 3.09. The monoisotopic (exact) mass is 269 g/mol. The Morgan fingerprint density at radius 3 is 2.67 bits per heavy atom. The van der Waals surface area contributed by atoms with E-state index in [1.54, 1.807) is 0 Å². The SMILES string of the molecule is Brc1ccccc1N=NN1CCOCC1. The Hall–Kier alpha value is -0.940. The maximum Gasteiger partial charge on any atom is 0.102 e. The predicted octanol–water partition coefficient (Wildman–Crippen LogP) is 2.78. The Kier molecular flexibility index (Phi) is 3.69. The van der Waals surface area contributed by atoms with Crippen molar-refractivity contribution in [3.63, 3.8) is 0 Å². The molecule has 15 heavy (non-hydrogen) atoms. The Labute approximate surface area is 97.0 Å². The second-order valence-corrected chi connectivity index (χ2v) is 4.06. The lowest BCUT2D eigenvalue weighted by Crippen LogP contribution is -2.31. The van der Waals surface area contributed by atoms with Crippen molar-refractivity contribution in [3.05, 3.63) is 28.7 Å². The minimum Gasteiger partial charge on any atom is -0.378 e. The van der Waals surface area contributed by atoms with Gasteiger partial charge in [-0.1, -0.05) is 17.4 Å². The van der Waals surface area contributed by atoms with Crippen LogP contribution in [0.4, 0.5) is 5.69 Å². The third kappa shape index (κ3) is 3.00. The van der Waals surface area contributed by atoms with Crippen LogP contribution in [0.5, 0.6) is 0 Å². The van der Waals surface area contributed by atoms with Gasteiger partial charge in [0.15, 0.2) is 0 Å². The summed E-state index contributed by atoms with van der Waals surface area (Å²) in [5, 5.41) is 10.3. The Morgan fingerprint density at radius 2 is 1.93 bits per heavy atom. The van der Waals surface area contributed by atoms with E-state index in [2.05, 4.69) is 26.3 Å². The summed E-state index contributed by atoms with van der Waals surface area (Å²) in [5.41, 5.74) is 0.851. The van der Waals surface area contributed by atoms with E-state index in [-0.39, 0.29) is 0 Å². The molecule has 0 saturated carbocycles. The molecule has 4 nitrogen and oxygen atoms in total. The third-order valence-corrected chi connectivity index (χ3v) is 2.79. The first kappa shape index (κ1) is 10.6. The molecule has 1 heterocycles. The fourth-order valence-electron chi connectivity index (χ4n) is 1.29. The number of ether oxygens (including phenoxy) is 1. The summed E-state index contributed by atoms with van der Waals surface area (Å²) in [6.07, 6.45) is 0. The van der Waals surface area contributed by atoms with Gasteiger partial charge in [-0.05, 0) is 28.1 Å². The van der Waals surface area contributed by atoms with E-state index in [1.807, 2.05) is 29.3 Å². The van der Waals surface area contributed by atoms with Crippen LogP contribution >= 0.6 is 15.9 Å². The zero-order chi connectivity index (χ0) is 10.5. The number of hydrogen-bond acceptors (Lipinski definition) is 3. The number of rotatable bonds is 2. The Morgan fingerprint density at radius 1 is 1.20 bits per heavy atom. The number of hydrogen-bond donors (Lipinski definition) is 0. The van der Waals surface area contributed by atoms with E-state index in [9.17, 15) is 0 Å². The molecular weight excluding hydrogens is 258 g/mol. The minimum absolute atomic E-state index is 0.731. The molecule has 0 amide bonds. The van der Waals surface area contributed by atoms with Gasteiger partial charge in [-0.2, -0.15) is 0 Å². The fourth-order valence-corrected chi connectivity index (χ4v) is 1.65. The molecule has 0 atom stereocenters. The summed E-state index contributed by atoms with van der Waals surface area (Å²) >= 11 is 3.42. The second-order valence-electron chi connectivity index (χ2n) is 3.21. The quantitative estimate of drug-likeness (QED) is 0.775. The summed E-state index contributed by atoms with van der Waals surface area (Å²) in [7, 11) is 0. The maximum atomic E-state index is 5.22. The average Bonchev–Trinajstić information content (AvgIpc) is 2.29. The van der Waals surface area contributed by atoms with Gasteiger partial charge >= 0.3 is 0 Å². The molecule has 1 aromatic rings. The second kappa shape index (κ2) is 5.23. The molecule has 0 aromatic heterocycles. The molecule has 0 bridgehead atoms. The van der Waals surface area contributed by atoms with Crippen molar-refractivity contribution in [2.24, 2.45) is 10.3 Å². The van der Waals surface area contributed by atoms with Gasteiger partial charge in [0, 0.05) is 4.47 Å². The highest BCUT2D eigenvalue weighted by molar-refractivity contribution is 9.10. The Bertz CT molecular complexity index is 350. The van der Waals surface area contributed by atoms with Crippen LogP contribution in [0.25, 0.3) is 0 Å². The lowest BCUT2D eigenvalue weighted by atomic mass is 10.3. The van der Waals surface area contributed by atoms with Crippen LogP contribution in [0.1, 0.15) is 0 Å². The first-order valence-corrected chi connectivity index (χ1v) is 5.64. The summed E-state index contributed by atoms with van der Waals surface area (Å²) < 4.78 is 6.18. The third-order valence-electron chi connectivity index (χ3n) is 2.12. The predicted molar refractivity (Wildman–Crippen MR) is 61.1 cm³/mol. The summed E-state index contributed by atoms with van der Waals surface area (Å²) in [4.78, 5) is 0. The van der Waals surface area contributed by atoms with E-state index in [0.29, 0.717) is 0 Å². The largest absolute Gasteiger partial charge is 0.378 e. The molecule has 1 aromatic carbocycles. The van der Waals surface area contributed by atoms with Gasteiger partial charge in [0.25, 0.3) is 0 Å². The van der Waals surface area contributed by atoms with Crippen molar-refractivity contribution < 1.29 is 4.74 Å². The van der Waals surface area contributed by atoms with E-state index in [1.165, 1.54) is 0 Å². The van der Waals surface area contributed by atoms with Gasteiger partial charge in [-0.25, -0.2) is 0 Å². The van der Waals surface area contributed by atoms with Crippen molar-refractivity contribution >= 4 is 21.6 Å². The standard InChI is InChI=1S/C10H12BrN3O/c11-9-3-1-2-4-10(9)12-13-14-5-7-15-8-6-14/h1-4H,5-8H2. The number of halogens is 1. The van der Waals surface area contributed by atoms with Crippen LogP contribution in [0, 0.1) is 0 Å². The normalized spacial score (nSPS) is 17.3. The summed E-state index contributed by atoms with van der Waals surface area (Å²) in [6, 6.07) is 7.78. The lowest BCUT2D eigenvalue weighted by Gasteiger charge is -2.22. The van der Waals surface area contributed by atoms with Gasteiger partial charge in [-0.15, -0.1) is 5.11 Å². The first-order valence-electron chi connectivity index (χ1n) is 4.85. The van der Waals surface area contributed by atoms with Crippen molar-refractivity contribution in [3.8, 4) is 0 Å².